The smallest absolute Gasteiger partial charge is 0.267 e. The molecule has 0 saturated carbocycles. The second-order valence-electron chi connectivity index (χ2n) is 3.75. The molecule has 6 heteroatoms. The van der Waals surface area contributed by atoms with Crippen molar-refractivity contribution in [1.82, 2.24) is 10.4 Å². The summed E-state index contributed by atoms with van der Waals surface area (Å²) in [5, 5.41) is 2.10. The molecule has 3 N–H and O–H groups in total. The number of hydrazine groups is 1. The largest absolute Gasteiger partial charge is 0.398 e. The summed E-state index contributed by atoms with van der Waals surface area (Å²) in [6.07, 6.45) is 0. The van der Waals surface area contributed by atoms with Gasteiger partial charge < -0.3 is 10.5 Å². The van der Waals surface area contributed by atoms with E-state index in [1.165, 1.54) is 0 Å². The van der Waals surface area contributed by atoms with Crippen LogP contribution in [0.4, 0.5) is 5.69 Å². The quantitative estimate of drug-likeness (QED) is 0.771. The van der Waals surface area contributed by atoms with Gasteiger partial charge in [0, 0.05) is 13.1 Å². The number of nitrogens with zero attached hydrogens (tertiary/aromatic N) is 1. The molecule has 0 radical (unpaired) electrons. The van der Waals surface area contributed by atoms with Gasteiger partial charge in [0.25, 0.3) is 5.91 Å². The van der Waals surface area contributed by atoms with E-state index < -0.39 is 0 Å². The minimum atomic E-state index is -0.246. The van der Waals surface area contributed by atoms with Gasteiger partial charge in [-0.3, -0.25) is 10.2 Å². The zero-order chi connectivity index (χ0) is 12.3. The molecule has 0 unspecified atom stereocenters. The number of amides is 1. The molecule has 0 spiro atoms. The zero-order valence-corrected chi connectivity index (χ0v) is 10.0. The van der Waals surface area contributed by atoms with E-state index in [0.29, 0.717) is 42.6 Å². The monoisotopic (exact) mass is 255 g/mol. The average Bonchev–Trinajstić information content (AvgIpc) is 2.34. The molecule has 1 saturated heterocycles. The summed E-state index contributed by atoms with van der Waals surface area (Å²) in [6, 6.07) is 5.01. The van der Waals surface area contributed by atoms with Gasteiger partial charge in [-0.2, -0.15) is 0 Å². The molecule has 0 bridgehead atoms. The lowest BCUT2D eigenvalue weighted by Gasteiger charge is -2.27. The molecular formula is C11H14ClN3O2. The fourth-order valence-electron chi connectivity index (χ4n) is 1.60. The molecule has 1 aromatic carbocycles. The number of rotatable bonds is 2. The highest BCUT2D eigenvalue weighted by Gasteiger charge is 2.16. The number of carbonyl (C=O) groups excluding carboxylic acids is 1. The fourth-order valence-corrected chi connectivity index (χ4v) is 1.82. The van der Waals surface area contributed by atoms with Crippen molar-refractivity contribution in [1.29, 1.82) is 0 Å². The molecule has 5 nitrogen and oxygen atoms in total. The number of nitrogen functional groups attached to an aromatic ring is 1. The van der Waals surface area contributed by atoms with Gasteiger partial charge in [0.05, 0.1) is 29.5 Å². The predicted octanol–water partition coefficient (Wildman–Crippen LogP) is 0.899. The summed E-state index contributed by atoms with van der Waals surface area (Å²) in [6.45, 7) is 2.58. The number of ether oxygens (including phenoxy) is 1. The van der Waals surface area contributed by atoms with Crippen molar-refractivity contribution < 1.29 is 9.53 Å². The average molecular weight is 256 g/mol. The summed E-state index contributed by atoms with van der Waals surface area (Å²) in [5.74, 6) is -0.246. The number of hydrogen-bond donors (Lipinski definition) is 2. The second kappa shape index (κ2) is 5.35. The lowest BCUT2D eigenvalue weighted by molar-refractivity contribution is 0.0126. The first-order valence-corrected chi connectivity index (χ1v) is 5.74. The molecule has 1 amide bonds. The highest BCUT2D eigenvalue weighted by atomic mass is 35.5. The van der Waals surface area contributed by atoms with Gasteiger partial charge >= 0.3 is 0 Å². The van der Waals surface area contributed by atoms with Crippen LogP contribution in [0, 0.1) is 0 Å². The molecule has 1 aliphatic rings. The normalized spacial score (nSPS) is 16.8. The van der Waals surface area contributed by atoms with Crippen molar-refractivity contribution in [3.8, 4) is 0 Å². The van der Waals surface area contributed by atoms with Crippen molar-refractivity contribution in [2.45, 2.75) is 0 Å². The summed E-state index contributed by atoms with van der Waals surface area (Å²) >= 11 is 5.98. The number of anilines is 1. The zero-order valence-electron chi connectivity index (χ0n) is 9.28. The summed E-state index contributed by atoms with van der Waals surface area (Å²) in [4.78, 5) is 12.0. The molecule has 92 valence electrons. The Labute approximate surface area is 104 Å². The molecule has 1 aromatic rings. The van der Waals surface area contributed by atoms with Crippen LogP contribution in [0.3, 0.4) is 0 Å². The standard InChI is InChI=1S/C11H14ClN3O2/c12-10-8(2-1-3-9(10)13)11(16)14-15-4-6-17-7-5-15/h1-3H,4-7,13H2,(H,14,16). The number of hydrogen-bond acceptors (Lipinski definition) is 4. The molecular weight excluding hydrogens is 242 g/mol. The first kappa shape index (κ1) is 12.2. The molecule has 2 rings (SSSR count). The Morgan fingerprint density at radius 2 is 2.12 bits per heavy atom. The Kier molecular flexibility index (Phi) is 3.83. The van der Waals surface area contributed by atoms with E-state index in [0.717, 1.165) is 0 Å². The van der Waals surface area contributed by atoms with Gasteiger partial charge in [-0.1, -0.05) is 17.7 Å². The van der Waals surface area contributed by atoms with Gasteiger partial charge in [-0.15, -0.1) is 0 Å². The third-order valence-corrected chi connectivity index (χ3v) is 2.97. The Balaban J connectivity index is 2.06. The van der Waals surface area contributed by atoms with E-state index in [4.69, 9.17) is 22.1 Å². The molecule has 1 fully saturated rings. The summed E-state index contributed by atoms with van der Waals surface area (Å²) in [5.41, 5.74) is 9.21. The van der Waals surface area contributed by atoms with Crippen molar-refractivity contribution in [2.75, 3.05) is 32.0 Å². The van der Waals surface area contributed by atoms with Gasteiger partial charge in [0.1, 0.15) is 0 Å². The van der Waals surface area contributed by atoms with Crippen LogP contribution in [0.15, 0.2) is 18.2 Å². The number of nitrogens with one attached hydrogen (secondary N) is 1. The topological polar surface area (TPSA) is 67.6 Å². The highest BCUT2D eigenvalue weighted by Crippen LogP contribution is 2.22. The lowest BCUT2D eigenvalue weighted by atomic mass is 10.2. The number of nitrogens with two attached hydrogens (primary N) is 1. The van der Waals surface area contributed by atoms with Crippen molar-refractivity contribution >= 4 is 23.2 Å². The van der Waals surface area contributed by atoms with E-state index in [9.17, 15) is 4.79 Å². The highest BCUT2D eigenvalue weighted by molar-refractivity contribution is 6.36. The first-order valence-electron chi connectivity index (χ1n) is 5.36. The van der Waals surface area contributed by atoms with Crippen LogP contribution in [-0.2, 0) is 4.74 Å². The molecule has 0 atom stereocenters. The minimum Gasteiger partial charge on any atom is -0.398 e. The van der Waals surface area contributed by atoms with Crippen LogP contribution in [0.2, 0.25) is 5.02 Å². The Morgan fingerprint density at radius 1 is 1.41 bits per heavy atom. The van der Waals surface area contributed by atoms with Crippen molar-refractivity contribution in [3.63, 3.8) is 0 Å². The van der Waals surface area contributed by atoms with Gasteiger partial charge in [-0.05, 0) is 12.1 Å². The maximum atomic E-state index is 12.0. The van der Waals surface area contributed by atoms with Crippen molar-refractivity contribution in [2.24, 2.45) is 0 Å². The number of halogens is 1. The molecule has 1 aliphatic heterocycles. The third-order valence-electron chi connectivity index (χ3n) is 2.54. The van der Waals surface area contributed by atoms with Gasteiger partial charge in [-0.25, -0.2) is 5.01 Å². The molecule has 0 aromatic heterocycles. The maximum absolute atomic E-state index is 12.0. The molecule has 1 heterocycles. The fraction of sp³-hybridized carbons (Fsp3) is 0.364. The third kappa shape index (κ3) is 2.88. The van der Waals surface area contributed by atoms with Gasteiger partial charge in [0.2, 0.25) is 0 Å². The van der Waals surface area contributed by atoms with Crippen molar-refractivity contribution in [3.05, 3.63) is 28.8 Å². The summed E-state index contributed by atoms with van der Waals surface area (Å²) < 4.78 is 5.19. The van der Waals surface area contributed by atoms with Crippen LogP contribution >= 0.6 is 11.6 Å². The summed E-state index contributed by atoms with van der Waals surface area (Å²) in [7, 11) is 0. The van der Waals surface area contributed by atoms with E-state index in [1.807, 2.05) is 5.01 Å². The first-order chi connectivity index (χ1) is 8.18. The number of morpholine rings is 1. The van der Waals surface area contributed by atoms with Gasteiger partial charge in [0.15, 0.2) is 0 Å². The Bertz CT molecular complexity index is 419. The number of benzene rings is 1. The minimum absolute atomic E-state index is 0.246. The lowest BCUT2D eigenvalue weighted by Crippen LogP contribution is -2.48. The van der Waals surface area contributed by atoms with E-state index in [1.54, 1.807) is 18.2 Å². The predicted molar refractivity (Wildman–Crippen MR) is 65.7 cm³/mol. The second-order valence-corrected chi connectivity index (χ2v) is 4.13. The number of carbonyl (C=O) groups is 1. The molecule has 17 heavy (non-hydrogen) atoms. The van der Waals surface area contributed by atoms with Crippen LogP contribution in [0.5, 0.6) is 0 Å². The van der Waals surface area contributed by atoms with E-state index in [2.05, 4.69) is 5.43 Å². The van der Waals surface area contributed by atoms with E-state index >= 15 is 0 Å². The van der Waals surface area contributed by atoms with Crippen LogP contribution in [0.1, 0.15) is 10.4 Å². The molecule has 0 aliphatic carbocycles. The Morgan fingerprint density at radius 3 is 2.82 bits per heavy atom. The Hall–Kier alpha value is -1.30. The van der Waals surface area contributed by atoms with E-state index in [-0.39, 0.29) is 5.91 Å². The van der Waals surface area contributed by atoms with Crippen LogP contribution < -0.4 is 11.2 Å². The maximum Gasteiger partial charge on any atom is 0.267 e. The van der Waals surface area contributed by atoms with Crippen LogP contribution in [-0.4, -0.2) is 37.2 Å². The SMILES string of the molecule is Nc1cccc(C(=O)NN2CCOCC2)c1Cl. The van der Waals surface area contributed by atoms with Crippen LogP contribution in [0.25, 0.3) is 0 Å².